The molecule has 2 N–H and O–H groups in total. The van der Waals surface area contributed by atoms with Crippen LogP contribution in [0.4, 0.5) is 20.6 Å². The molecule has 4 aromatic rings. The zero-order valence-corrected chi connectivity index (χ0v) is 21.6. The molecule has 1 aliphatic heterocycles. The molecule has 2 heterocycles. The van der Waals surface area contributed by atoms with Crippen molar-refractivity contribution in [3.63, 3.8) is 0 Å². The van der Waals surface area contributed by atoms with E-state index in [-0.39, 0.29) is 23.0 Å². The molecule has 0 bridgehead atoms. The summed E-state index contributed by atoms with van der Waals surface area (Å²) < 4.78 is 15.2. The molecule has 0 saturated carbocycles. The Morgan fingerprint density at radius 2 is 1.59 bits per heavy atom. The van der Waals surface area contributed by atoms with Crippen LogP contribution in [-0.4, -0.2) is 39.0 Å². The number of nitrogens with one attached hydrogen (secondary N) is 2. The smallest absolute Gasteiger partial charge is 0.294 e. The Morgan fingerprint density at radius 1 is 0.897 bits per heavy atom. The van der Waals surface area contributed by atoms with E-state index in [1.54, 1.807) is 16.8 Å². The van der Waals surface area contributed by atoms with Crippen molar-refractivity contribution in [2.24, 2.45) is 0 Å². The number of fused-ring (bicyclic) bond motifs is 1. The molecule has 0 unspecified atom stereocenters. The third-order valence-electron chi connectivity index (χ3n) is 6.01. The van der Waals surface area contributed by atoms with Gasteiger partial charge >= 0.3 is 0 Å². The van der Waals surface area contributed by atoms with E-state index < -0.39 is 29.4 Å². The highest BCUT2D eigenvalue weighted by Crippen LogP contribution is 2.34. The molecule has 4 amide bonds. The Hall–Kier alpha value is -4.70. The first kappa shape index (κ1) is 25.9. The van der Waals surface area contributed by atoms with Gasteiger partial charge < -0.3 is 15.2 Å². The Labute approximate surface area is 227 Å². The van der Waals surface area contributed by atoms with Gasteiger partial charge in [-0.3, -0.25) is 24.1 Å². The van der Waals surface area contributed by atoms with Gasteiger partial charge in [0.1, 0.15) is 18.9 Å². The molecular weight excluding hydrogens is 519 g/mol. The number of imide groups is 1. The van der Waals surface area contributed by atoms with Gasteiger partial charge in [-0.1, -0.05) is 36.4 Å². The highest BCUT2D eigenvalue weighted by molar-refractivity contribution is 8.18. The molecule has 0 atom stereocenters. The second-order valence-electron chi connectivity index (χ2n) is 8.97. The third-order valence-corrected chi connectivity index (χ3v) is 6.91. The predicted molar refractivity (Wildman–Crippen MR) is 149 cm³/mol. The van der Waals surface area contributed by atoms with E-state index >= 15 is 0 Å². The van der Waals surface area contributed by atoms with Gasteiger partial charge in [0.15, 0.2) is 0 Å². The fourth-order valence-electron chi connectivity index (χ4n) is 4.29. The van der Waals surface area contributed by atoms with E-state index in [1.165, 1.54) is 18.2 Å². The quantitative estimate of drug-likeness (QED) is 0.305. The minimum atomic E-state index is -0.625. The Balaban J connectivity index is 1.33. The van der Waals surface area contributed by atoms with Crippen molar-refractivity contribution in [3.05, 3.63) is 101 Å². The molecule has 1 aromatic heterocycles. The second-order valence-corrected chi connectivity index (χ2v) is 9.97. The van der Waals surface area contributed by atoms with Crippen molar-refractivity contribution in [2.45, 2.75) is 13.5 Å². The number of benzene rings is 3. The molecule has 5 rings (SSSR count). The summed E-state index contributed by atoms with van der Waals surface area (Å²) in [6.45, 7) is 1.49. The van der Waals surface area contributed by atoms with E-state index in [1.807, 2.05) is 55.5 Å². The second kappa shape index (κ2) is 11.0. The van der Waals surface area contributed by atoms with Crippen LogP contribution >= 0.6 is 11.8 Å². The topological polar surface area (TPSA) is 101 Å². The standard InChI is InChI=1S/C29H23FN4O4S/c1-18-6-4-8-21(12-18)31-26(35)16-33-15-19(23-10-2-3-11-24(23)33)13-25-28(37)34(29(38)39-25)17-27(36)32-22-9-5-7-20(30)14-22/h2-15H,16-17H2,1H3,(H,31,35)(H,32,36)/b25-13+. The summed E-state index contributed by atoms with van der Waals surface area (Å²) in [7, 11) is 0. The number of aromatic nitrogens is 1. The number of thioether (sulfide) groups is 1. The van der Waals surface area contributed by atoms with Crippen LogP contribution < -0.4 is 10.6 Å². The van der Waals surface area contributed by atoms with Crippen LogP contribution in [0.5, 0.6) is 0 Å². The lowest BCUT2D eigenvalue weighted by Gasteiger charge is -2.12. The summed E-state index contributed by atoms with van der Waals surface area (Å²) in [5.41, 5.74) is 3.40. The van der Waals surface area contributed by atoms with Crippen LogP contribution in [0.1, 0.15) is 11.1 Å². The molecule has 1 saturated heterocycles. The van der Waals surface area contributed by atoms with Gasteiger partial charge in [-0.2, -0.15) is 0 Å². The molecular formula is C29H23FN4O4S. The number of carbonyl (C=O) groups excluding carboxylic acids is 4. The van der Waals surface area contributed by atoms with E-state index in [9.17, 15) is 23.6 Å². The van der Waals surface area contributed by atoms with Crippen molar-refractivity contribution in [3.8, 4) is 0 Å². The van der Waals surface area contributed by atoms with Crippen LogP contribution in [-0.2, 0) is 20.9 Å². The van der Waals surface area contributed by atoms with Crippen LogP contribution in [0.2, 0.25) is 0 Å². The number of aryl methyl sites for hydroxylation is 1. The first-order valence-electron chi connectivity index (χ1n) is 12.0. The van der Waals surface area contributed by atoms with Crippen molar-refractivity contribution in [1.29, 1.82) is 0 Å². The highest BCUT2D eigenvalue weighted by atomic mass is 32.2. The lowest BCUT2D eigenvalue weighted by Crippen LogP contribution is -2.36. The maximum absolute atomic E-state index is 13.4. The zero-order valence-electron chi connectivity index (χ0n) is 20.8. The number of nitrogens with zero attached hydrogens (tertiary/aromatic N) is 2. The minimum Gasteiger partial charge on any atom is -0.337 e. The highest BCUT2D eigenvalue weighted by Gasteiger charge is 2.36. The number of rotatable bonds is 7. The SMILES string of the molecule is Cc1cccc(NC(=O)Cn2cc(/C=C3/SC(=O)N(CC(=O)Nc4cccc(F)c4)C3=O)c3ccccc32)c1. The van der Waals surface area contributed by atoms with Gasteiger partial charge in [-0.05, 0) is 66.7 Å². The van der Waals surface area contributed by atoms with E-state index in [2.05, 4.69) is 10.6 Å². The predicted octanol–water partition coefficient (Wildman–Crippen LogP) is 5.40. The maximum atomic E-state index is 13.4. The molecule has 196 valence electrons. The number of hydrogen-bond acceptors (Lipinski definition) is 5. The van der Waals surface area contributed by atoms with Crippen LogP contribution in [0.25, 0.3) is 17.0 Å². The summed E-state index contributed by atoms with van der Waals surface area (Å²) >= 11 is 0.732. The lowest BCUT2D eigenvalue weighted by molar-refractivity contribution is -0.127. The summed E-state index contributed by atoms with van der Waals surface area (Å²) in [4.78, 5) is 51.8. The maximum Gasteiger partial charge on any atom is 0.294 e. The summed E-state index contributed by atoms with van der Waals surface area (Å²) in [5.74, 6) is -1.96. The fraction of sp³-hybridized carbons (Fsp3) is 0.103. The third kappa shape index (κ3) is 5.91. The van der Waals surface area contributed by atoms with Gasteiger partial charge in [-0.15, -0.1) is 0 Å². The number of carbonyl (C=O) groups is 4. The van der Waals surface area contributed by atoms with E-state index in [0.29, 0.717) is 11.3 Å². The monoisotopic (exact) mass is 542 g/mol. The van der Waals surface area contributed by atoms with E-state index in [4.69, 9.17) is 0 Å². The van der Waals surface area contributed by atoms with Crippen molar-refractivity contribution < 1.29 is 23.6 Å². The molecule has 0 radical (unpaired) electrons. The molecule has 10 heteroatoms. The van der Waals surface area contributed by atoms with Crippen LogP contribution in [0.3, 0.4) is 0 Å². The molecule has 0 spiro atoms. The number of halogens is 1. The molecule has 0 aliphatic carbocycles. The Bertz CT molecular complexity index is 1660. The molecule has 3 aromatic carbocycles. The number of anilines is 2. The molecule has 1 fully saturated rings. The Kier molecular flexibility index (Phi) is 7.29. The zero-order chi connectivity index (χ0) is 27.5. The van der Waals surface area contributed by atoms with Gasteiger partial charge in [0.25, 0.3) is 11.1 Å². The average molecular weight is 543 g/mol. The van der Waals surface area contributed by atoms with Crippen LogP contribution in [0, 0.1) is 12.7 Å². The number of para-hydroxylation sites is 1. The Morgan fingerprint density at radius 3 is 2.33 bits per heavy atom. The minimum absolute atomic E-state index is 0.0457. The van der Waals surface area contributed by atoms with Gasteiger partial charge in [0, 0.05) is 34.0 Å². The average Bonchev–Trinajstić information content (AvgIpc) is 3.35. The van der Waals surface area contributed by atoms with Crippen molar-refractivity contribution >= 4 is 63.1 Å². The largest absolute Gasteiger partial charge is 0.337 e. The molecule has 1 aliphatic rings. The van der Waals surface area contributed by atoms with Crippen LogP contribution in [0.15, 0.2) is 83.9 Å². The summed E-state index contributed by atoms with van der Waals surface area (Å²) in [6, 6.07) is 20.3. The van der Waals surface area contributed by atoms with E-state index in [0.717, 1.165) is 39.2 Å². The van der Waals surface area contributed by atoms with Gasteiger partial charge in [0.05, 0.1) is 4.91 Å². The lowest BCUT2D eigenvalue weighted by atomic mass is 10.1. The molecule has 8 nitrogen and oxygen atoms in total. The summed E-state index contributed by atoms with van der Waals surface area (Å²) in [6.07, 6.45) is 3.35. The van der Waals surface area contributed by atoms with Gasteiger partial charge in [0.2, 0.25) is 11.8 Å². The normalized spacial score (nSPS) is 14.3. The van der Waals surface area contributed by atoms with Gasteiger partial charge in [-0.25, -0.2) is 4.39 Å². The fourth-order valence-corrected chi connectivity index (χ4v) is 5.12. The van der Waals surface area contributed by atoms with Crippen molar-refractivity contribution in [2.75, 3.05) is 17.2 Å². The number of amides is 4. The first-order chi connectivity index (χ1) is 18.8. The number of hydrogen-bond donors (Lipinski definition) is 2. The first-order valence-corrected chi connectivity index (χ1v) is 12.8. The molecule has 39 heavy (non-hydrogen) atoms. The summed E-state index contributed by atoms with van der Waals surface area (Å²) in [5, 5.41) is 5.60. The van der Waals surface area contributed by atoms with Crippen molar-refractivity contribution in [1.82, 2.24) is 9.47 Å².